The van der Waals surface area contributed by atoms with Crippen molar-refractivity contribution >= 4 is 11.8 Å². The zero-order valence-corrected chi connectivity index (χ0v) is 15.4. The fourth-order valence-electron chi connectivity index (χ4n) is 4.70. The van der Waals surface area contributed by atoms with Crippen molar-refractivity contribution in [1.29, 1.82) is 0 Å². The van der Waals surface area contributed by atoms with Crippen LogP contribution in [0.3, 0.4) is 0 Å². The topological polar surface area (TPSA) is 75.9 Å². The van der Waals surface area contributed by atoms with Gasteiger partial charge in [0, 0.05) is 32.6 Å². The number of oxazole rings is 1. The van der Waals surface area contributed by atoms with Gasteiger partial charge < -0.3 is 19.0 Å². The average Bonchev–Trinajstić information content (AvgIpc) is 3.23. The lowest BCUT2D eigenvalue weighted by atomic mass is 9.62. The highest BCUT2D eigenvalue weighted by Crippen LogP contribution is 2.53. The van der Waals surface area contributed by atoms with Gasteiger partial charge in [0.05, 0.1) is 18.9 Å². The second-order valence-electron chi connectivity index (χ2n) is 7.90. The van der Waals surface area contributed by atoms with Crippen molar-refractivity contribution in [2.24, 2.45) is 11.3 Å². The number of likely N-dealkylation sites (tertiary alicyclic amines) is 1. The molecule has 4 rings (SSSR count). The first-order valence-electron chi connectivity index (χ1n) is 9.64. The Morgan fingerprint density at radius 2 is 2.04 bits per heavy atom. The number of hydrogen-bond donors (Lipinski definition) is 0. The normalized spacial score (nSPS) is 24.7. The number of amides is 2. The first-order valence-corrected chi connectivity index (χ1v) is 9.64. The summed E-state index contributed by atoms with van der Waals surface area (Å²) in [5.41, 5.74) is 0.845. The van der Waals surface area contributed by atoms with Crippen LogP contribution in [0, 0.1) is 18.3 Å². The van der Waals surface area contributed by atoms with Crippen molar-refractivity contribution in [2.45, 2.75) is 39.0 Å². The van der Waals surface area contributed by atoms with E-state index in [1.54, 1.807) is 6.92 Å². The summed E-state index contributed by atoms with van der Waals surface area (Å²) in [5, 5.41) is 0. The van der Waals surface area contributed by atoms with Gasteiger partial charge in [-0.1, -0.05) is 6.42 Å². The molecule has 7 nitrogen and oxygen atoms in total. The second-order valence-corrected chi connectivity index (χ2v) is 7.90. The van der Waals surface area contributed by atoms with E-state index in [9.17, 15) is 9.59 Å². The van der Waals surface area contributed by atoms with E-state index in [4.69, 9.17) is 9.15 Å². The van der Waals surface area contributed by atoms with Crippen LogP contribution in [0.5, 0.6) is 0 Å². The quantitative estimate of drug-likeness (QED) is 0.818. The van der Waals surface area contributed by atoms with E-state index in [2.05, 4.69) is 4.98 Å². The van der Waals surface area contributed by atoms with Gasteiger partial charge in [0.15, 0.2) is 6.39 Å². The zero-order valence-electron chi connectivity index (χ0n) is 15.4. The van der Waals surface area contributed by atoms with Crippen molar-refractivity contribution in [3.05, 3.63) is 17.8 Å². The maximum Gasteiger partial charge on any atom is 0.291 e. The van der Waals surface area contributed by atoms with E-state index in [1.165, 1.54) is 12.8 Å². The molecule has 0 aromatic carbocycles. The molecular formula is C19H27N3O4. The van der Waals surface area contributed by atoms with Crippen LogP contribution in [-0.4, -0.2) is 66.0 Å². The van der Waals surface area contributed by atoms with Gasteiger partial charge in [-0.2, -0.15) is 0 Å². The van der Waals surface area contributed by atoms with Crippen LogP contribution in [-0.2, 0) is 9.53 Å². The third-order valence-electron chi connectivity index (χ3n) is 6.46. The van der Waals surface area contributed by atoms with E-state index in [1.807, 2.05) is 9.80 Å². The Kier molecular flexibility index (Phi) is 4.73. The van der Waals surface area contributed by atoms with Gasteiger partial charge in [-0.15, -0.1) is 0 Å². The minimum absolute atomic E-state index is 0.0618. The molecule has 2 aliphatic heterocycles. The molecule has 26 heavy (non-hydrogen) atoms. The van der Waals surface area contributed by atoms with Gasteiger partial charge in [-0.05, 0) is 37.5 Å². The number of aryl methyl sites for hydroxylation is 1. The van der Waals surface area contributed by atoms with Crippen LogP contribution in [0.25, 0.3) is 0 Å². The zero-order chi connectivity index (χ0) is 18.1. The number of carbonyl (C=O) groups excluding carboxylic acids is 2. The summed E-state index contributed by atoms with van der Waals surface area (Å²) in [6.45, 7) is 5.96. The molecule has 1 aliphatic carbocycles. The molecule has 0 bridgehead atoms. The fourth-order valence-corrected chi connectivity index (χ4v) is 4.70. The van der Waals surface area contributed by atoms with E-state index < -0.39 is 0 Å². The number of nitrogens with zero attached hydrogens (tertiary/aromatic N) is 3. The fraction of sp³-hybridized carbons (Fsp3) is 0.737. The van der Waals surface area contributed by atoms with Crippen molar-refractivity contribution in [2.75, 3.05) is 39.4 Å². The third-order valence-corrected chi connectivity index (χ3v) is 6.46. The van der Waals surface area contributed by atoms with Gasteiger partial charge in [-0.25, -0.2) is 4.98 Å². The maximum atomic E-state index is 12.8. The molecule has 3 fully saturated rings. The minimum Gasteiger partial charge on any atom is -0.438 e. The Morgan fingerprint density at radius 3 is 2.65 bits per heavy atom. The number of aromatic nitrogens is 1. The summed E-state index contributed by atoms with van der Waals surface area (Å²) in [7, 11) is 0. The van der Waals surface area contributed by atoms with Crippen LogP contribution in [0.4, 0.5) is 0 Å². The summed E-state index contributed by atoms with van der Waals surface area (Å²) in [5.74, 6) is 0.907. The molecule has 3 aliphatic rings. The molecular weight excluding hydrogens is 334 g/mol. The van der Waals surface area contributed by atoms with E-state index in [0.717, 1.165) is 32.4 Å². The lowest BCUT2D eigenvalue weighted by Gasteiger charge is -2.43. The highest BCUT2D eigenvalue weighted by Gasteiger charge is 2.51. The molecule has 0 radical (unpaired) electrons. The standard InChI is InChI=1S/C19H27N3O4/c1-14-17(26-13-20-14)18(24)22-11-15(19(12-22)5-2-6-19)3-4-16(23)21-7-9-25-10-8-21/h13,15H,2-12H2,1H3. The lowest BCUT2D eigenvalue weighted by Crippen LogP contribution is -2.42. The van der Waals surface area contributed by atoms with Gasteiger partial charge in [0.2, 0.25) is 11.7 Å². The van der Waals surface area contributed by atoms with Gasteiger partial charge in [-0.3, -0.25) is 9.59 Å². The SMILES string of the molecule is Cc1ncoc1C(=O)N1CC(CCC(=O)N2CCOCC2)C2(CCC2)C1. The molecule has 1 aromatic heterocycles. The Labute approximate surface area is 153 Å². The molecule has 1 saturated carbocycles. The van der Waals surface area contributed by atoms with E-state index in [0.29, 0.717) is 50.1 Å². The monoisotopic (exact) mass is 361 g/mol. The summed E-state index contributed by atoms with van der Waals surface area (Å²) >= 11 is 0. The van der Waals surface area contributed by atoms with Gasteiger partial charge >= 0.3 is 0 Å². The van der Waals surface area contributed by atoms with Crippen LogP contribution in [0.15, 0.2) is 10.8 Å². The molecule has 2 amide bonds. The van der Waals surface area contributed by atoms with Crippen molar-refractivity contribution < 1.29 is 18.7 Å². The number of carbonyl (C=O) groups is 2. The summed E-state index contributed by atoms with van der Waals surface area (Å²) < 4.78 is 10.6. The highest BCUT2D eigenvalue weighted by molar-refractivity contribution is 5.92. The van der Waals surface area contributed by atoms with Crippen LogP contribution >= 0.6 is 0 Å². The van der Waals surface area contributed by atoms with Gasteiger partial charge in [0.25, 0.3) is 5.91 Å². The smallest absolute Gasteiger partial charge is 0.291 e. The molecule has 1 atom stereocenters. The van der Waals surface area contributed by atoms with Crippen LogP contribution < -0.4 is 0 Å². The van der Waals surface area contributed by atoms with E-state index >= 15 is 0 Å². The molecule has 7 heteroatoms. The first-order chi connectivity index (χ1) is 12.6. The minimum atomic E-state index is -0.0618. The molecule has 1 unspecified atom stereocenters. The molecule has 1 spiro atoms. The molecule has 142 valence electrons. The lowest BCUT2D eigenvalue weighted by molar-refractivity contribution is -0.135. The molecule has 1 aromatic rings. The summed E-state index contributed by atoms with van der Waals surface area (Å²) in [6, 6.07) is 0. The van der Waals surface area contributed by atoms with E-state index in [-0.39, 0.29) is 17.2 Å². The second kappa shape index (κ2) is 7.02. The highest BCUT2D eigenvalue weighted by atomic mass is 16.5. The van der Waals surface area contributed by atoms with Crippen LogP contribution in [0.2, 0.25) is 0 Å². The summed E-state index contributed by atoms with van der Waals surface area (Å²) in [4.78, 5) is 33.1. The van der Waals surface area contributed by atoms with Crippen LogP contribution in [0.1, 0.15) is 48.4 Å². The Hall–Kier alpha value is -1.89. The van der Waals surface area contributed by atoms with Crippen molar-refractivity contribution in [3.8, 4) is 0 Å². The molecule has 2 saturated heterocycles. The van der Waals surface area contributed by atoms with Gasteiger partial charge in [0.1, 0.15) is 0 Å². The predicted molar refractivity (Wildman–Crippen MR) is 93.6 cm³/mol. The van der Waals surface area contributed by atoms with Crippen molar-refractivity contribution in [3.63, 3.8) is 0 Å². The number of hydrogen-bond acceptors (Lipinski definition) is 5. The Morgan fingerprint density at radius 1 is 1.27 bits per heavy atom. The third kappa shape index (κ3) is 3.13. The molecule has 0 N–H and O–H groups in total. The Balaban J connectivity index is 1.38. The first kappa shape index (κ1) is 17.5. The molecule has 3 heterocycles. The number of ether oxygens (including phenoxy) is 1. The maximum absolute atomic E-state index is 12.8. The largest absolute Gasteiger partial charge is 0.438 e. The predicted octanol–water partition coefficient (Wildman–Crippen LogP) is 1.86. The number of morpholine rings is 1. The van der Waals surface area contributed by atoms with Crippen molar-refractivity contribution in [1.82, 2.24) is 14.8 Å². The Bertz CT molecular complexity index is 676. The summed E-state index contributed by atoms with van der Waals surface area (Å²) in [6.07, 6.45) is 6.28. The average molecular weight is 361 g/mol. The number of rotatable bonds is 4.